The van der Waals surface area contributed by atoms with Gasteiger partial charge in [0, 0.05) is 35.9 Å². The number of hydrogen-bond acceptors (Lipinski definition) is 5. The minimum absolute atomic E-state index is 0.0201. The summed E-state index contributed by atoms with van der Waals surface area (Å²) in [5.74, 6) is -0.459. The predicted molar refractivity (Wildman–Crippen MR) is 124 cm³/mol. The Bertz CT molecular complexity index is 1280. The Kier molecular flexibility index (Phi) is 6.75. The first-order valence-electron chi connectivity index (χ1n) is 10.2. The van der Waals surface area contributed by atoms with Gasteiger partial charge >= 0.3 is 6.09 Å². The van der Waals surface area contributed by atoms with Gasteiger partial charge in [-0.2, -0.15) is 0 Å². The maximum atomic E-state index is 12.7. The van der Waals surface area contributed by atoms with Gasteiger partial charge in [0.05, 0.1) is 11.3 Å². The highest BCUT2D eigenvalue weighted by Gasteiger charge is 2.26. The molecule has 0 unspecified atom stereocenters. The van der Waals surface area contributed by atoms with Gasteiger partial charge in [-0.15, -0.1) is 0 Å². The minimum atomic E-state index is -3.82. The van der Waals surface area contributed by atoms with E-state index in [4.69, 9.17) is 5.73 Å². The molecule has 1 aromatic carbocycles. The first-order valence-corrected chi connectivity index (χ1v) is 11.7. The second-order valence-electron chi connectivity index (χ2n) is 8.59. The first kappa shape index (κ1) is 24.2. The van der Waals surface area contributed by atoms with E-state index in [2.05, 4.69) is 14.7 Å². The molecule has 5 N–H and O–H groups in total. The van der Waals surface area contributed by atoms with Crippen LogP contribution >= 0.6 is 0 Å². The van der Waals surface area contributed by atoms with Crippen molar-refractivity contribution in [3.05, 3.63) is 48.3 Å². The molecule has 0 saturated carbocycles. The Morgan fingerprint density at radius 3 is 2.42 bits per heavy atom. The van der Waals surface area contributed by atoms with E-state index < -0.39 is 27.6 Å². The summed E-state index contributed by atoms with van der Waals surface area (Å²) in [5.41, 5.74) is 7.46. The van der Waals surface area contributed by atoms with E-state index in [-0.39, 0.29) is 24.4 Å². The molecule has 0 fully saturated rings. The molecule has 0 aliphatic carbocycles. The van der Waals surface area contributed by atoms with E-state index in [1.54, 1.807) is 51.2 Å². The molecule has 2 heterocycles. The monoisotopic (exact) mass is 473 g/mol. The highest BCUT2D eigenvalue weighted by Crippen LogP contribution is 2.29. The van der Waals surface area contributed by atoms with Gasteiger partial charge in [0.25, 0.3) is 0 Å². The number of rotatable bonds is 8. The lowest BCUT2D eigenvalue weighted by molar-refractivity contribution is -0.117. The maximum absolute atomic E-state index is 12.7. The lowest BCUT2D eigenvalue weighted by Crippen LogP contribution is -2.48. The summed E-state index contributed by atoms with van der Waals surface area (Å²) in [6.45, 7) is 5.19. The standard InChI is InChI=1S/C22H27N5O5S/c1-22(2,3)27(21(29)30)11-10-25-33(31,32)16-6-4-14(5-7-16)17-8-9-24-20-18(17)12-15(26-20)13-19(23)28/h4-9,12,25H,10-11,13H2,1-3H3,(H2,23,28)(H,24,26)(H,29,30). The molecule has 33 heavy (non-hydrogen) atoms. The summed E-state index contributed by atoms with van der Waals surface area (Å²) < 4.78 is 27.8. The Morgan fingerprint density at radius 1 is 1.18 bits per heavy atom. The average molecular weight is 474 g/mol. The number of nitrogens with zero attached hydrogens (tertiary/aromatic N) is 2. The van der Waals surface area contributed by atoms with Crippen molar-refractivity contribution in [2.45, 2.75) is 37.6 Å². The molecule has 0 atom stereocenters. The van der Waals surface area contributed by atoms with Crippen LogP contribution in [0.3, 0.4) is 0 Å². The number of hydrogen-bond donors (Lipinski definition) is 4. The number of sulfonamides is 1. The maximum Gasteiger partial charge on any atom is 0.407 e. The lowest BCUT2D eigenvalue weighted by atomic mass is 10.0. The molecule has 0 saturated heterocycles. The number of aromatic nitrogens is 2. The highest BCUT2D eigenvalue weighted by molar-refractivity contribution is 7.89. The van der Waals surface area contributed by atoms with Gasteiger partial charge in [0.2, 0.25) is 15.9 Å². The molecule has 3 aromatic rings. The summed E-state index contributed by atoms with van der Waals surface area (Å²) in [5, 5.41) is 10.1. The quantitative estimate of drug-likeness (QED) is 0.393. The second kappa shape index (κ2) is 9.20. The molecule has 11 heteroatoms. The predicted octanol–water partition coefficient (Wildman–Crippen LogP) is 2.31. The number of fused-ring (bicyclic) bond motifs is 1. The molecule has 0 aliphatic heterocycles. The smallest absolute Gasteiger partial charge is 0.407 e. The molecule has 3 rings (SSSR count). The normalized spacial score (nSPS) is 12.1. The fourth-order valence-electron chi connectivity index (χ4n) is 3.52. The second-order valence-corrected chi connectivity index (χ2v) is 10.4. The zero-order valence-electron chi connectivity index (χ0n) is 18.6. The molecule has 0 bridgehead atoms. The summed E-state index contributed by atoms with van der Waals surface area (Å²) in [4.78, 5) is 31.2. The number of carboxylic acid groups (broad SMARTS) is 1. The van der Waals surface area contributed by atoms with Crippen LogP contribution in [0.1, 0.15) is 26.5 Å². The van der Waals surface area contributed by atoms with Crippen LogP contribution in [-0.4, -0.2) is 59.0 Å². The average Bonchev–Trinajstić information content (AvgIpc) is 3.11. The summed E-state index contributed by atoms with van der Waals surface area (Å²) in [6.07, 6.45) is 0.573. The topological polar surface area (TPSA) is 158 Å². The van der Waals surface area contributed by atoms with Crippen LogP contribution in [0.2, 0.25) is 0 Å². The Labute approximate surface area is 191 Å². The van der Waals surface area contributed by atoms with Gasteiger partial charge in [-0.3, -0.25) is 4.79 Å². The Morgan fingerprint density at radius 2 is 1.85 bits per heavy atom. The van der Waals surface area contributed by atoms with Crippen LogP contribution < -0.4 is 10.5 Å². The number of nitrogens with two attached hydrogens (primary N) is 1. The third kappa shape index (κ3) is 5.68. The molecule has 0 aliphatic rings. The van der Waals surface area contributed by atoms with Crippen molar-refractivity contribution in [1.29, 1.82) is 0 Å². The molecule has 2 aromatic heterocycles. The summed E-state index contributed by atoms with van der Waals surface area (Å²) in [6, 6.07) is 9.95. The van der Waals surface area contributed by atoms with Crippen molar-refractivity contribution in [3.63, 3.8) is 0 Å². The third-order valence-electron chi connectivity index (χ3n) is 5.10. The van der Waals surface area contributed by atoms with E-state index >= 15 is 0 Å². The number of amides is 2. The van der Waals surface area contributed by atoms with Crippen LogP contribution in [0.5, 0.6) is 0 Å². The van der Waals surface area contributed by atoms with Crippen molar-refractivity contribution < 1.29 is 23.1 Å². The minimum Gasteiger partial charge on any atom is -0.465 e. The van der Waals surface area contributed by atoms with Gasteiger partial charge in [0.1, 0.15) is 5.65 Å². The van der Waals surface area contributed by atoms with Crippen molar-refractivity contribution in [2.24, 2.45) is 5.73 Å². The number of nitrogens with one attached hydrogen (secondary N) is 2. The summed E-state index contributed by atoms with van der Waals surface area (Å²) in [7, 11) is -3.82. The number of carbonyl (C=O) groups excluding carboxylic acids is 1. The van der Waals surface area contributed by atoms with Gasteiger partial charge in [0.15, 0.2) is 0 Å². The van der Waals surface area contributed by atoms with Crippen LogP contribution in [0.4, 0.5) is 4.79 Å². The molecule has 0 radical (unpaired) electrons. The van der Waals surface area contributed by atoms with E-state index in [9.17, 15) is 23.1 Å². The molecule has 0 spiro atoms. The number of pyridine rings is 1. The van der Waals surface area contributed by atoms with Gasteiger partial charge < -0.3 is 20.7 Å². The molecular formula is C22H27N5O5S. The van der Waals surface area contributed by atoms with Gasteiger partial charge in [-0.1, -0.05) is 12.1 Å². The van der Waals surface area contributed by atoms with Crippen LogP contribution in [0, 0.1) is 0 Å². The lowest BCUT2D eigenvalue weighted by Gasteiger charge is -2.33. The number of carbonyl (C=O) groups is 2. The zero-order valence-corrected chi connectivity index (χ0v) is 19.4. The largest absolute Gasteiger partial charge is 0.465 e. The van der Waals surface area contributed by atoms with E-state index in [0.717, 1.165) is 16.5 Å². The van der Waals surface area contributed by atoms with Crippen LogP contribution in [0.25, 0.3) is 22.2 Å². The number of primary amides is 1. The first-order chi connectivity index (χ1) is 15.4. The molecule has 10 nitrogen and oxygen atoms in total. The Hall–Kier alpha value is -3.44. The van der Waals surface area contributed by atoms with Crippen molar-refractivity contribution in [2.75, 3.05) is 13.1 Å². The third-order valence-corrected chi connectivity index (χ3v) is 6.57. The number of aromatic amines is 1. The van der Waals surface area contributed by atoms with Gasteiger partial charge in [-0.25, -0.2) is 22.9 Å². The van der Waals surface area contributed by atoms with Crippen LogP contribution in [0.15, 0.2) is 47.5 Å². The Balaban J connectivity index is 1.78. The van der Waals surface area contributed by atoms with E-state index in [0.29, 0.717) is 11.3 Å². The van der Waals surface area contributed by atoms with Gasteiger partial charge in [-0.05, 0) is 56.2 Å². The van der Waals surface area contributed by atoms with Crippen molar-refractivity contribution >= 4 is 33.1 Å². The fourth-order valence-corrected chi connectivity index (χ4v) is 4.54. The van der Waals surface area contributed by atoms with E-state index in [1.165, 1.54) is 17.0 Å². The summed E-state index contributed by atoms with van der Waals surface area (Å²) >= 11 is 0. The van der Waals surface area contributed by atoms with Crippen LogP contribution in [-0.2, 0) is 21.2 Å². The molecule has 176 valence electrons. The van der Waals surface area contributed by atoms with Crippen molar-refractivity contribution in [1.82, 2.24) is 19.6 Å². The SMILES string of the molecule is CC(C)(C)N(CCNS(=O)(=O)c1ccc(-c2ccnc3[nH]c(CC(N)=O)cc23)cc1)C(=O)O. The fraction of sp³-hybridized carbons (Fsp3) is 0.318. The van der Waals surface area contributed by atoms with Crippen molar-refractivity contribution in [3.8, 4) is 11.1 Å². The molecule has 2 amide bonds. The molecular weight excluding hydrogens is 446 g/mol. The number of H-pyrrole nitrogens is 1. The zero-order chi connectivity index (χ0) is 24.4. The highest BCUT2D eigenvalue weighted by atomic mass is 32.2. The number of benzene rings is 1. The van der Waals surface area contributed by atoms with E-state index in [1.807, 2.05) is 0 Å².